The van der Waals surface area contributed by atoms with E-state index in [4.69, 9.17) is 27.9 Å². The van der Waals surface area contributed by atoms with Gasteiger partial charge in [0.2, 0.25) is 11.8 Å². The molecule has 0 unspecified atom stereocenters. The quantitative estimate of drug-likeness (QED) is 0.414. The lowest BCUT2D eigenvalue weighted by Crippen LogP contribution is -2.44. The number of benzene rings is 2. The Bertz CT molecular complexity index is 1150. The Balaban J connectivity index is 1.49. The molecule has 1 fully saturated rings. The normalized spacial score (nSPS) is 14.0. The van der Waals surface area contributed by atoms with Crippen molar-refractivity contribution in [3.8, 4) is 5.88 Å². The molecule has 0 bridgehead atoms. The standard InChI is InChI=1S/C24H26Cl2N6O3/c1-31-9-11-32(12-10-31)17-7-5-16(6-8-17)28-24-27-15-18(23(30-24)35-14-13-33)22(34)29-21-19(25)3-2-4-20(21)26/h2-8,15,33H,9-14H2,1H3,(H,29,34)(H,27,28,30). The molecular formula is C24H26Cl2N6O3. The Hall–Kier alpha value is -3.11. The second-order valence-corrected chi connectivity index (χ2v) is 8.81. The van der Waals surface area contributed by atoms with E-state index < -0.39 is 5.91 Å². The van der Waals surface area contributed by atoms with Gasteiger partial charge in [0.1, 0.15) is 12.2 Å². The van der Waals surface area contributed by atoms with Gasteiger partial charge < -0.3 is 30.3 Å². The van der Waals surface area contributed by atoms with Crippen molar-refractivity contribution in [1.29, 1.82) is 0 Å². The summed E-state index contributed by atoms with van der Waals surface area (Å²) in [5.41, 5.74) is 2.29. The van der Waals surface area contributed by atoms with Gasteiger partial charge in [0.05, 0.1) is 22.3 Å². The number of rotatable bonds is 8. The largest absolute Gasteiger partial charge is 0.475 e. The zero-order valence-corrected chi connectivity index (χ0v) is 20.7. The molecule has 9 nitrogen and oxygen atoms in total. The minimum absolute atomic E-state index is 0.0197. The molecule has 0 atom stereocenters. The highest BCUT2D eigenvalue weighted by Gasteiger charge is 2.19. The van der Waals surface area contributed by atoms with Gasteiger partial charge in [0.25, 0.3) is 5.91 Å². The van der Waals surface area contributed by atoms with E-state index in [0.717, 1.165) is 37.6 Å². The summed E-state index contributed by atoms with van der Waals surface area (Å²) >= 11 is 12.3. The van der Waals surface area contributed by atoms with Crippen LogP contribution in [0.25, 0.3) is 0 Å². The van der Waals surface area contributed by atoms with E-state index in [1.807, 2.05) is 24.3 Å². The molecule has 2 heterocycles. The minimum Gasteiger partial charge on any atom is -0.475 e. The maximum absolute atomic E-state index is 12.9. The number of carbonyl (C=O) groups is 1. The van der Waals surface area contributed by atoms with Crippen molar-refractivity contribution in [1.82, 2.24) is 14.9 Å². The Morgan fingerprint density at radius 3 is 2.43 bits per heavy atom. The van der Waals surface area contributed by atoms with Crippen LogP contribution in [0.1, 0.15) is 10.4 Å². The number of aliphatic hydroxyl groups excluding tert-OH is 1. The molecule has 0 spiro atoms. The molecule has 0 aliphatic carbocycles. The average Bonchev–Trinajstić information content (AvgIpc) is 2.86. The second-order valence-electron chi connectivity index (χ2n) is 8.00. The molecule has 1 amide bonds. The Kier molecular flexibility index (Phi) is 8.25. The molecule has 1 aromatic heterocycles. The van der Waals surface area contributed by atoms with Crippen molar-refractivity contribution < 1.29 is 14.6 Å². The van der Waals surface area contributed by atoms with Gasteiger partial charge in [-0.3, -0.25) is 4.79 Å². The first-order chi connectivity index (χ1) is 16.9. The Morgan fingerprint density at radius 2 is 1.77 bits per heavy atom. The third kappa shape index (κ3) is 6.32. The number of halogens is 2. The predicted molar refractivity (Wildman–Crippen MR) is 138 cm³/mol. The smallest absolute Gasteiger partial charge is 0.262 e. The van der Waals surface area contributed by atoms with Gasteiger partial charge in [-0.1, -0.05) is 29.3 Å². The summed E-state index contributed by atoms with van der Waals surface area (Å²) in [6.45, 7) is 3.77. The molecule has 3 N–H and O–H groups in total. The van der Waals surface area contributed by atoms with Crippen molar-refractivity contribution in [2.24, 2.45) is 0 Å². The van der Waals surface area contributed by atoms with Crippen LogP contribution >= 0.6 is 23.2 Å². The first kappa shape index (κ1) is 25.0. The van der Waals surface area contributed by atoms with Crippen LogP contribution in [0.2, 0.25) is 10.0 Å². The van der Waals surface area contributed by atoms with Crippen LogP contribution in [0.5, 0.6) is 5.88 Å². The third-order valence-electron chi connectivity index (χ3n) is 5.52. The lowest BCUT2D eigenvalue weighted by atomic mass is 10.2. The van der Waals surface area contributed by atoms with Gasteiger partial charge in [-0.25, -0.2) is 4.98 Å². The SMILES string of the molecule is CN1CCN(c2ccc(Nc3ncc(C(=O)Nc4c(Cl)cccc4Cl)c(OCCO)n3)cc2)CC1. The van der Waals surface area contributed by atoms with Crippen LogP contribution in [0.4, 0.5) is 23.0 Å². The van der Waals surface area contributed by atoms with Crippen molar-refractivity contribution in [3.05, 3.63) is 64.3 Å². The number of nitrogens with zero attached hydrogens (tertiary/aromatic N) is 4. The van der Waals surface area contributed by atoms with Gasteiger partial charge in [-0.2, -0.15) is 4.98 Å². The molecule has 0 saturated carbocycles. The maximum atomic E-state index is 12.9. The van der Waals surface area contributed by atoms with Crippen LogP contribution in [-0.4, -0.2) is 72.3 Å². The summed E-state index contributed by atoms with van der Waals surface area (Å²) in [6.07, 6.45) is 1.35. The van der Waals surface area contributed by atoms with E-state index in [1.54, 1.807) is 18.2 Å². The highest BCUT2D eigenvalue weighted by Crippen LogP contribution is 2.31. The predicted octanol–water partition coefficient (Wildman–Crippen LogP) is 3.90. The van der Waals surface area contributed by atoms with E-state index >= 15 is 0 Å². The molecule has 3 aromatic rings. The third-order valence-corrected chi connectivity index (χ3v) is 6.15. The number of carbonyl (C=O) groups excluding carboxylic acids is 1. The second kappa shape index (κ2) is 11.5. The molecule has 35 heavy (non-hydrogen) atoms. The van der Waals surface area contributed by atoms with Crippen LogP contribution in [-0.2, 0) is 0 Å². The summed E-state index contributed by atoms with van der Waals surface area (Å²) in [4.78, 5) is 26.2. The summed E-state index contributed by atoms with van der Waals surface area (Å²) < 4.78 is 5.51. The monoisotopic (exact) mass is 516 g/mol. The fourth-order valence-corrected chi connectivity index (χ4v) is 4.07. The molecule has 0 radical (unpaired) electrons. The number of ether oxygens (including phenoxy) is 1. The number of aliphatic hydroxyl groups is 1. The number of anilines is 4. The van der Waals surface area contributed by atoms with Crippen LogP contribution in [0.3, 0.4) is 0 Å². The number of piperazine rings is 1. The first-order valence-electron chi connectivity index (χ1n) is 11.1. The zero-order valence-electron chi connectivity index (χ0n) is 19.2. The molecule has 1 aliphatic heterocycles. The first-order valence-corrected chi connectivity index (χ1v) is 11.9. The molecule has 1 saturated heterocycles. The summed E-state index contributed by atoms with van der Waals surface area (Å²) in [5.74, 6) is -0.278. The fraction of sp³-hybridized carbons (Fsp3) is 0.292. The van der Waals surface area contributed by atoms with Crippen LogP contribution in [0.15, 0.2) is 48.7 Å². The van der Waals surface area contributed by atoms with Crippen molar-refractivity contribution >= 4 is 52.1 Å². The van der Waals surface area contributed by atoms with Crippen molar-refractivity contribution in [2.45, 2.75) is 0 Å². The number of likely N-dealkylation sites (N-methyl/N-ethyl adjacent to an activating group) is 1. The van der Waals surface area contributed by atoms with Gasteiger partial charge >= 0.3 is 0 Å². The fourth-order valence-electron chi connectivity index (χ4n) is 3.58. The number of hydrogen-bond acceptors (Lipinski definition) is 8. The van der Waals surface area contributed by atoms with E-state index in [-0.39, 0.29) is 36.3 Å². The Labute approximate surface area is 213 Å². The highest BCUT2D eigenvalue weighted by molar-refractivity contribution is 6.40. The van der Waals surface area contributed by atoms with E-state index in [2.05, 4.69) is 37.4 Å². The molecule has 184 valence electrons. The average molecular weight is 517 g/mol. The number of para-hydroxylation sites is 1. The topological polar surface area (TPSA) is 103 Å². The molecule has 2 aromatic carbocycles. The van der Waals surface area contributed by atoms with E-state index in [9.17, 15) is 9.90 Å². The summed E-state index contributed by atoms with van der Waals surface area (Å²) in [6, 6.07) is 12.9. The number of aromatic nitrogens is 2. The number of nitrogens with one attached hydrogen (secondary N) is 2. The zero-order chi connectivity index (χ0) is 24.8. The van der Waals surface area contributed by atoms with Crippen LogP contribution < -0.4 is 20.3 Å². The highest BCUT2D eigenvalue weighted by atomic mass is 35.5. The Morgan fingerprint density at radius 1 is 1.09 bits per heavy atom. The van der Waals surface area contributed by atoms with Crippen LogP contribution in [0, 0.1) is 0 Å². The van der Waals surface area contributed by atoms with Gasteiger partial charge in [0.15, 0.2) is 0 Å². The lowest BCUT2D eigenvalue weighted by Gasteiger charge is -2.34. The molecule has 11 heteroatoms. The lowest BCUT2D eigenvalue weighted by molar-refractivity contribution is 0.101. The van der Waals surface area contributed by atoms with Crippen molar-refractivity contribution in [2.75, 3.05) is 62.0 Å². The van der Waals surface area contributed by atoms with E-state index in [1.165, 1.54) is 6.20 Å². The van der Waals surface area contributed by atoms with Gasteiger partial charge in [0, 0.05) is 43.8 Å². The molecular weight excluding hydrogens is 491 g/mol. The molecule has 4 rings (SSSR count). The summed E-state index contributed by atoms with van der Waals surface area (Å²) in [7, 11) is 2.13. The number of amides is 1. The summed E-state index contributed by atoms with van der Waals surface area (Å²) in [5, 5.41) is 15.6. The maximum Gasteiger partial charge on any atom is 0.262 e. The van der Waals surface area contributed by atoms with Gasteiger partial charge in [-0.15, -0.1) is 0 Å². The van der Waals surface area contributed by atoms with Crippen molar-refractivity contribution in [3.63, 3.8) is 0 Å². The minimum atomic E-state index is -0.545. The van der Waals surface area contributed by atoms with E-state index in [0.29, 0.717) is 10.0 Å². The number of hydrogen-bond donors (Lipinski definition) is 3. The van der Waals surface area contributed by atoms with Gasteiger partial charge in [-0.05, 0) is 43.4 Å². The molecule has 1 aliphatic rings.